The lowest BCUT2D eigenvalue weighted by atomic mass is 10.1. The van der Waals surface area contributed by atoms with Crippen molar-refractivity contribution < 1.29 is 14.3 Å². The normalized spacial score (nSPS) is 14.1. The van der Waals surface area contributed by atoms with E-state index in [1.54, 1.807) is 0 Å². The number of rotatable bonds is 9. The molecule has 0 unspecified atom stereocenters. The molecule has 0 saturated heterocycles. The van der Waals surface area contributed by atoms with E-state index in [1.807, 2.05) is 42.5 Å². The maximum atomic E-state index is 12.8. The molecule has 0 aliphatic heterocycles. The fraction of sp³-hybridized carbons (Fsp3) is 0.391. The Hall–Kier alpha value is -2.86. The number of unbranched alkanes of at least 4 members (excludes halogenated alkanes) is 1. The number of fused-ring (bicyclic) bond motifs is 1. The number of benzene rings is 2. The molecule has 0 heterocycles. The zero-order chi connectivity index (χ0) is 20.5. The standard InChI is InChI=1S/C23H29N3O3/c24-13-7-6-12-21(26-23(28)29-16-17-8-2-1-3-9-17)22(27)25-20-14-18-10-4-5-11-19(18)15-20/h1-5,8-11,20-21H,6-7,12-16,24H2,(H,25,27)(H,26,28)/t21-/m0/s1. The predicted octanol–water partition coefficient (Wildman–Crippen LogP) is 2.69. The van der Waals surface area contributed by atoms with Gasteiger partial charge in [0.25, 0.3) is 0 Å². The highest BCUT2D eigenvalue weighted by atomic mass is 16.5. The van der Waals surface area contributed by atoms with Gasteiger partial charge >= 0.3 is 6.09 Å². The monoisotopic (exact) mass is 395 g/mol. The highest BCUT2D eigenvalue weighted by Crippen LogP contribution is 2.21. The first-order valence-electron chi connectivity index (χ1n) is 10.2. The third-order valence-electron chi connectivity index (χ3n) is 5.17. The van der Waals surface area contributed by atoms with E-state index >= 15 is 0 Å². The van der Waals surface area contributed by atoms with E-state index < -0.39 is 12.1 Å². The van der Waals surface area contributed by atoms with Gasteiger partial charge in [0.05, 0.1) is 0 Å². The molecule has 1 atom stereocenters. The summed E-state index contributed by atoms with van der Waals surface area (Å²) in [4.78, 5) is 25.1. The van der Waals surface area contributed by atoms with Gasteiger partial charge in [-0.2, -0.15) is 0 Å². The second kappa shape index (κ2) is 10.6. The van der Waals surface area contributed by atoms with E-state index in [4.69, 9.17) is 10.5 Å². The van der Waals surface area contributed by atoms with Crippen molar-refractivity contribution in [3.05, 3.63) is 71.3 Å². The summed E-state index contributed by atoms with van der Waals surface area (Å²) in [6.07, 6.45) is 3.14. The first kappa shape index (κ1) is 20.9. The summed E-state index contributed by atoms with van der Waals surface area (Å²) >= 11 is 0. The number of hydrogen-bond donors (Lipinski definition) is 3. The largest absolute Gasteiger partial charge is 0.445 e. The Morgan fingerprint density at radius 3 is 2.31 bits per heavy atom. The van der Waals surface area contributed by atoms with Crippen molar-refractivity contribution in [2.75, 3.05) is 6.54 Å². The van der Waals surface area contributed by atoms with Crippen LogP contribution in [0.5, 0.6) is 0 Å². The van der Waals surface area contributed by atoms with E-state index in [9.17, 15) is 9.59 Å². The van der Waals surface area contributed by atoms with Gasteiger partial charge in [0.15, 0.2) is 0 Å². The van der Waals surface area contributed by atoms with E-state index in [0.717, 1.165) is 31.2 Å². The number of carbonyl (C=O) groups is 2. The predicted molar refractivity (Wildman–Crippen MR) is 112 cm³/mol. The SMILES string of the molecule is NCCCC[C@H](NC(=O)OCc1ccccc1)C(=O)NC1Cc2ccccc2C1. The lowest BCUT2D eigenvalue weighted by molar-refractivity contribution is -0.123. The summed E-state index contributed by atoms with van der Waals surface area (Å²) in [5.41, 5.74) is 9.01. The van der Waals surface area contributed by atoms with Gasteiger partial charge in [-0.1, -0.05) is 54.6 Å². The van der Waals surface area contributed by atoms with Gasteiger partial charge in [-0.3, -0.25) is 4.79 Å². The summed E-state index contributed by atoms with van der Waals surface area (Å²) in [5.74, 6) is -0.170. The molecule has 154 valence electrons. The van der Waals surface area contributed by atoms with Crippen LogP contribution in [0.1, 0.15) is 36.0 Å². The third kappa shape index (κ3) is 6.32. The highest BCUT2D eigenvalue weighted by molar-refractivity contribution is 5.85. The molecule has 3 rings (SSSR count). The van der Waals surface area contributed by atoms with Crippen LogP contribution in [0.2, 0.25) is 0 Å². The van der Waals surface area contributed by atoms with Gasteiger partial charge in [0.1, 0.15) is 12.6 Å². The second-order valence-electron chi connectivity index (χ2n) is 7.43. The van der Waals surface area contributed by atoms with Crippen molar-refractivity contribution in [1.82, 2.24) is 10.6 Å². The van der Waals surface area contributed by atoms with Gasteiger partial charge < -0.3 is 21.1 Å². The molecule has 0 saturated carbocycles. The molecule has 0 spiro atoms. The van der Waals surface area contributed by atoms with Crippen molar-refractivity contribution >= 4 is 12.0 Å². The third-order valence-corrected chi connectivity index (χ3v) is 5.17. The summed E-state index contributed by atoms with van der Waals surface area (Å²) in [6.45, 7) is 0.729. The molecule has 6 heteroatoms. The molecule has 29 heavy (non-hydrogen) atoms. The molecule has 4 N–H and O–H groups in total. The van der Waals surface area contributed by atoms with Crippen LogP contribution in [0.4, 0.5) is 4.79 Å². The van der Waals surface area contributed by atoms with Gasteiger partial charge in [-0.25, -0.2) is 4.79 Å². The summed E-state index contributed by atoms with van der Waals surface area (Å²) in [5, 5.41) is 5.82. The molecule has 0 radical (unpaired) electrons. The van der Waals surface area contributed by atoms with Gasteiger partial charge in [0, 0.05) is 6.04 Å². The first-order chi connectivity index (χ1) is 14.2. The van der Waals surface area contributed by atoms with Crippen LogP contribution in [0, 0.1) is 0 Å². The fourth-order valence-corrected chi connectivity index (χ4v) is 3.63. The van der Waals surface area contributed by atoms with Crippen molar-refractivity contribution in [2.24, 2.45) is 5.73 Å². The molecule has 0 bridgehead atoms. The van der Waals surface area contributed by atoms with E-state index in [2.05, 4.69) is 22.8 Å². The average Bonchev–Trinajstić information content (AvgIpc) is 3.14. The summed E-state index contributed by atoms with van der Waals surface area (Å²) < 4.78 is 5.28. The Labute approximate surface area is 171 Å². The van der Waals surface area contributed by atoms with Crippen LogP contribution in [-0.2, 0) is 29.0 Å². The Kier molecular flexibility index (Phi) is 7.64. The van der Waals surface area contributed by atoms with Gasteiger partial charge in [-0.05, 0) is 55.3 Å². The molecule has 2 aromatic carbocycles. The molecule has 0 fully saturated rings. The number of hydrogen-bond acceptors (Lipinski definition) is 4. The Morgan fingerprint density at radius 2 is 1.66 bits per heavy atom. The van der Waals surface area contributed by atoms with Crippen LogP contribution in [-0.4, -0.2) is 30.6 Å². The molecule has 2 aromatic rings. The fourth-order valence-electron chi connectivity index (χ4n) is 3.63. The van der Waals surface area contributed by atoms with Crippen molar-refractivity contribution in [1.29, 1.82) is 0 Å². The maximum Gasteiger partial charge on any atom is 0.408 e. The first-order valence-corrected chi connectivity index (χ1v) is 10.2. The molecule has 2 amide bonds. The quantitative estimate of drug-likeness (QED) is 0.569. The zero-order valence-electron chi connectivity index (χ0n) is 16.6. The van der Waals surface area contributed by atoms with E-state index in [1.165, 1.54) is 11.1 Å². The van der Waals surface area contributed by atoms with Gasteiger partial charge in [0.2, 0.25) is 5.91 Å². The van der Waals surface area contributed by atoms with Crippen LogP contribution in [0.25, 0.3) is 0 Å². The Bertz CT molecular complexity index is 785. The number of ether oxygens (including phenoxy) is 1. The smallest absolute Gasteiger partial charge is 0.408 e. The van der Waals surface area contributed by atoms with Crippen LogP contribution in [0.15, 0.2) is 54.6 Å². The molecular formula is C23H29N3O3. The van der Waals surface area contributed by atoms with E-state index in [0.29, 0.717) is 13.0 Å². The van der Waals surface area contributed by atoms with E-state index in [-0.39, 0.29) is 18.6 Å². The zero-order valence-corrected chi connectivity index (χ0v) is 16.6. The minimum absolute atomic E-state index is 0.0547. The minimum atomic E-state index is -0.631. The van der Waals surface area contributed by atoms with Gasteiger partial charge in [-0.15, -0.1) is 0 Å². The summed E-state index contributed by atoms with van der Waals surface area (Å²) in [7, 11) is 0. The van der Waals surface area contributed by atoms with Crippen molar-refractivity contribution in [2.45, 2.75) is 50.8 Å². The number of nitrogens with two attached hydrogens (primary N) is 1. The summed E-state index contributed by atoms with van der Waals surface area (Å²) in [6, 6.07) is 17.1. The van der Waals surface area contributed by atoms with Crippen LogP contribution >= 0.6 is 0 Å². The molecular weight excluding hydrogens is 366 g/mol. The number of amides is 2. The van der Waals surface area contributed by atoms with Crippen molar-refractivity contribution in [3.63, 3.8) is 0 Å². The van der Waals surface area contributed by atoms with Crippen LogP contribution in [0.3, 0.4) is 0 Å². The number of alkyl carbamates (subject to hydrolysis) is 1. The molecule has 0 aromatic heterocycles. The second-order valence-corrected chi connectivity index (χ2v) is 7.43. The molecule has 1 aliphatic rings. The lowest BCUT2D eigenvalue weighted by Gasteiger charge is -2.21. The highest BCUT2D eigenvalue weighted by Gasteiger charge is 2.27. The maximum absolute atomic E-state index is 12.8. The minimum Gasteiger partial charge on any atom is -0.445 e. The molecule has 1 aliphatic carbocycles. The number of carbonyl (C=O) groups excluding carboxylic acids is 2. The Balaban J connectivity index is 1.53. The average molecular weight is 396 g/mol. The topological polar surface area (TPSA) is 93.4 Å². The van der Waals surface area contributed by atoms with Crippen LogP contribution < -0.4 is 16.4 Å². The van der Waals surface area contributed by atoms with Crippen molar-refractivity contribution in [3.8, 4) is 0 Å². The molecule has 6 nitrogen and oxygen atoms in total. The lowest BCUT2D eigenvalue weighted by Crippen LogP contribution is -2.50. The number of nitrogens with one attached hydrogen (secondary N) is 2. The Morgan fingerprint density at radius 1 is 1.00 bits per heavy atom.